The van der Waals surface area contributed by atoms with E-state index in [9.17, 15) is 4.79 Å². The molecule has 4 nitrogen and oxygen atoms in total. The van der Waals surface area contributed by atoms with Gasteiger partial charge < -0.3 is 14.7 Å². The lowest BCUT2D eigenvalue weighted by Crippen LogP contribution is -2.33. The molecule has 6 heteroatoms. The summed E-state index contributed by atoms with van der Waals surface area (Å²) in [6, 6.07) is 7.67. The molecule has 2 rings (SSSR count). The second-order valence-corrected chi connectivity index (χ2v) is 7.61. The van der Waals surface area contributed by atoms with Crippen molar-refractivity contribution < 1.29 is 14.6 Å². The number of ether oxygens (including phenoxy) is 1. The number of aliphatic hydroxyl groups excluding tert-OH is 1. The summed E-state index contributed by atoms with van der Waals surface area (Å²) in [5, 5.41) is 8.70. The van der Waals surface area contributed by atoms with Gasteiger partial charge in [0.2, 0.25) is 5.91 Å². The summed E-state index contributed by atoms with van der Waals surface area (Å²) in [7, 11) is 3.41. The van der Waals surface area contributed by atoms with Crippen LogP contribution < -0.4 is 4.74 Å². The number of alkyl halides is 2. The van der Waals surface area contributed by atoms with Gasteiger partial charge in [-0.1, -0.05) is 42.0 Å². The first-order chi connectivity index (χ1) is 12.4. The smallest absolute Gasteiger partial charge is 0.222 e. The number of para-hydroxylation sites is 1. The average Bonchev–Trinajstić information content (AvgIpc) is 2.63. The fraction of sp³-hybridized carbons (Fsp3) is 0.450. The Morgan fingerprint density at radius 2 is 2.12 bits per heavy atom. The van der Waals surface area contributed by atoms with Crippen molar-refractivity contribution in [3.05, 3.63) is 53.6 Å². The lowest BCUT2D eigenvalue weighted by molar-refractivity contribution is -0.130. The molecule has 1 aromatic rings. The second-order valence-electron chi connectivity index (χ2n) is 6.44. The fourth-order valence-corrected chi connectivity index (χ4v) is 3.45. The highest BCUT2D eigenvalue weighted by atomic mass is 35.5. The van der Waals surface area contributed by atoms with Crippen LogP contribution in [0, 0.1) is 0 Å². The van der Waals surface area contributed by atoms with Gasteiger partial charge in [0, 0.05) is 32.2 Å². The van der Waals surface area contributed by atoms with Crippen molar-refractivity contribution in [2.75, 3.05) is 20.8 Å². The van der Waals surface area contributed by atoms with Crippen molar-refractivity contribution in [3.8, 4) is 5.75 Å². The second kappa shape index (κ2) is 9.45. The number of hydrogen-bond donors (Lipinski definition) is 1. The molecule has 1 amide bonds. The van der Waals surface area contributed by atoms with Crippen LogP contribution in [0.4, 0.5) is 0 Å². The normalized spacial score (nSPS) is 22.0. The third-order valence-corrected chi connectivity index (χ3v) is 5.72. The molecule has 1 N–H and O–H groups in total. The highest BCUT2D eigenvalue weighted by Crippen LogP contribution is 2.36. The van der Waals surface area contributed by atoms with Crippen molar-refractivity contribution in [2.24, 2.45) is 0 Å². The number of hydrogen-bond acceptors (Lipinski definition) is 3. The van der Waals surface area contributed by atoms with Gasteiger partial charge in [0.15, 0.2) is 0 Å². The number of allylic oxidation sites excluding steroid dienone is 4. The highest BCUT2D eigenvalue weighted by Gasteiger charge is 2.33. The van der Waals surface area contributed by atoms with Gasteiger partial charge in [-0.15, -0.1) is 23.2 Å². The topological polar surface area (TPSA) is 49.8 Å². The van der Waals surface area contributed by atoms with Crippen LogP contribution in [-0.2, 0) is 11.3 Å². The number of carbonyl (C=O) groups is 1. The maximum atomic E-state index is 12.4. The molecule has 0 spiro atoms. The predicted molar refractivity (Wildman–Crippen MR) is 106 cm³/mol. The molecule has 0 bridgehead atoms. The minimum Gasteiger partial charge on any atom is -0.496 e. The van der Waals surface area contributed by atoms with E-state index in [0.29, 0.717) is 25.8 Å². The number of benzene rings is 1. The molecule has 0 aromatic heterocycles. The van der Waals surface area contributed by atoms with E-state index in [0.717, 1.165) is 16.9 Å². The van der Waals surface area contributed by atoms with Gasteiger partial charge in [-0.25, -0.2) is 0 Å². The van der Waals surface area contributed by atoms with Crippen LogP contribution >= 0.6 is 23.2 Å². The van der Waals surface area contributed by atoms with Gasteiger partial charge >= 0.3 is 0 Å². The van der Waals surface area contributed by atoms with Crippen molar-refractivity contribution in [1.29, 1.82) is 0 Å². The van der Waals surface area contributed by atoms with Crippen LogP contribution in [0.1, 0.15) is 24.8 Å². The van der Waals surface area contributed by atoms with Gasteiger partial charge in [0.1, 0.15) is 5.75 Å². The summed E-state index contributed by atoms with van der Waals surface area (Å²) < 4.78 is 5.33. The number of nitrogens with zero attached hydrogens (tertiary/aromatic N) is 1. The first kappa shape index (κ1) is 20.8. The van der Waals surface area contributed by atoms with Crippen LogP contribution in [0.3, 0.4) is 0 Å². The first-order valence-corrected chi connectivity index (χ1v) is 9.40. The van der Waals surface area contributed by atoms with Crippen LogP contribution in [0.5, 0.6) is 5.75 Å². The molecule has 1 aromatic carbocycles. The molecule has 0 fully saturated rings. The summed E-state index contributed by atoms with van der Waals surface area (Å²) in [5.74, 6) is 0.826. The van der Waals surface area contributed by atoms with Gasteiger partial charge in [-0.3, -0.25) is 4.79 Å². The van der Waals surface area contributed by atoms with E-state index in [1.54, 1.807) is 19.1 Å². The standard InChI is InChI=1S/C20H25Cl2NO3/c1-23(14-16-5-3-4-6-17(16)26-2)19(25)8-7-15-9-10-20(22,11-12-24)18(21)13-15/h3-6,9-10,13,18,24H,7-8,11-12,14H2,1-2H3. The third-order valence-electron chi connectivity index (χ3n) is 4.54. The lowest BCUT2D eigenvalue weighted by Gasteiger charge is -2.29. The SMILES string of the molecule is COc1ccccc1CN(C)C(=O)CCC1=CC(Cl)C(Cl)(CCO)C=C1. The van der Waals surface area contributed by atoms with E-state index >= 15 is 0 Å². The number of halogens is 2. The Morgan fingerprint density at radius 1 is 1.38 bits per heavy atom. The zero-order valence-corrected chi connectivity index (χ0v) is 16.6. The van der Waals surface area contributed by atoms with E-state index < -0.39 is 10.3 Å². The Balaban J connectivity index is 1.90. The number of carbonyl (C=O) groups excluding carboxylic acids is 1. The van der Waals surface area contributed by atoms with Gasteiger partial charge in [-0.05, 0) is 18.9 Å². The maximum absolute atomic E-state index is 12.4. The van der Waals surface area contributed by atoms with E-state index in [-0.39, 0.29) is 12.5 Å². The minimum absolute atomic E-state index is 0.0214. The molecule has 0 saturated heterocycles. The van der Waals surface area contributed by atoms with Gasteiger partial charge in [0.25, 0.3) is 0 Å². The number of aliphatic hydroxyl groups is 1. The molecule has 26 heavy (non-hydrogen) atoms. The van der Waals surface area contributed by atoms with Gasteiger partial charge in [-0.2, -0.15) is 0 Å². The summed E-state index contributed by atoms with van der Waals surface area (Å²) in [4.78, 5) is 13.4. The monoisotopic (exact) mass is 397 g/mol. The van der Waals surface area contributed by atoms with Crippen molar-refractivity contribution >= 4 is 29.1 Å². The third kappa shape index (κ3) is 5.26. The van der Waals surface area contributed by atoms with Crippen molar-refractivity contribution in [2.45, 2.75) is 36.1 Å². The summed E-state index contributed by atoms with van der Waals surface area (Å²) in [6.07, 6.45) is 6.97. The average molecular weight is 398 g/mol. The quantitative estimate of drug-likeness (QED) is 0.676. The Morgan fingerprint density at radius 3 is 2.77 bits per heavy atom. The Labute approximate surface area is 165 Å². The molecule has 0 heterocycles. The molecular formula is C20H25Cl2NO3. The first-order valence-electron chi connectivity index (χ1n) is 8.59. The molecule has 0 aliphatic heterocycles. The molecule has 2 atom stereocenters. The van der Waals surface area contributed by atoms with Crippen LogP contribution in [0.2, 0.25) is 0 Å². The Kier molecular flexibility index (Phi) is 7.56. The lowest BCUT2D eigenvalue weighted by atomic mass is 9.91. The minimum atomic E-state index is -0.759. The zero-order valence-electron chi connectivity index (χ0n) is 15.1. The van der Waals surface area contributed by atoms with Gasteiger partial charge in [0.05, 0.1) is 17.4 Å². The maximum Gasteiger partial charge on any atom is 0.222 e. The largest absolute Gasteiger partial charge is 0.496 e. The van der Waals surface area contributed by atoms with Crippen LogP contribution in [0.25, 0.3) is 0 Å². The zero-order chi connectivity index (χ0) is 19.2. The van der Waals surface area contributed by atoms with Crippen LogP contribution in [0.15, 0.2) is 48.1 Å². The van der Waals surface area contributed by atoms with E-state index in [1.807, 2.05) is 42.5 Å². The molecule has 1 aliphatic carbocycles. The predicted octanol–water partition coefficient (Wildman–Crippen LogP) is 3.90. The van der Waals surface area contributed by atoms with Crippen LogP contribution in [-0.4, -0.2) is 46.9 Å². The number of methoxy groups -OCH3 is 1. The van der Waals surface area contributed by atoms with E-state index in [4.69, 9.17) is 33.0 Å². The Hall–Kier alpha value is -1.49. The molecule has 2 unspecified atom stereocenters. The number of amides is 1. The molecule has 0 saturated carbocycles. The summed E-state index contributed by atoms with van der Waals surface area (Å²) in [5.41, 5.74) is 1.96. The van der Waals surface area contributed by atoms with E-state index in [2.05, 4.69) is 0 Å². The van der Waals surface area contributed by atoms with Crippen molar-refractivity contribution in [1.82, 2.24) is 4.90 Å². The molecule has 1 aliphatic rings. The molecule has 142 valence electrons. The fourth-order valence-electron chi connectivity index (χ4n) is 2.90. The number of rotatable bonds is 8. The summed E-state index contributed by atoms with van der Waals surface area (Å²) in [6.45, 7) is 0.476. The molecular weight excluding hydrogens is 373 g/mol. The van der Waals surface area contributed by atoms with Crippen molar-refractivity contribution in [3.63, 3.8) is 0 Å². The highest BCUT2D eigenvalue weighted by molar-refractivity contribution is 6.34. The Bertz CT molecular complexity index is 689. The molecule has 0 radical (unpaired) electrons. The summed E-state index contributed by atoms with van der Waals surface area (Å²) >= 11 is 12.7. The van der Waals surface area contributed by atoms with E-state index in [1.165, 1.54) is 0 Å².